The van der Waals surface area contributed by atoms with E-state index in [0.29, 0.717) is 5.92 Å². The van der Waals surface area contributed by atoms with Crippen LogP contribution < -0.4 is 4.90 Å². The normalized spacial score (nSPS) is 15.5. The number of carbonyl (C=O) groups is 1. The summed E-state index contributed by atoms with van der Waals surface area (Å²) in [5.41, 5.74) is 6.18. The zero-order chi connectivity index (χ0) is 21.1. The number of amides is 1. The number of carbonyl (C=O) groups excluding carboxylic acids is 1. The van der Waals surface area contributed by atoms with Crippen LogP contribution in [0.25, 0.3) is 0 Å². The molecule has 1 fully saturated rings. The van der Waals surface area contributed by atoms with Gasteiger partial charge in [-0.1, -0.05) is 37.6 Å². The minimum absolute atomic E-state index is 0.152. The van der Waals surface area contributed by atoms with Gasteiger partial charge in [0.05, 0.1) is 0 Å². The number of nitrogens with zero attached hydrogens (tertiary/aromatic N) is 4. The Labute approximate surface area is 175 Å². The first-order chi connectivity index (χ1) is 13.8. The minimum atomic E-state index is 0.152. The summed E-state index contributed by atoms with van der Waals surface area (Å²) >= 11 is 0. The van der Waals surface area contributed by atoms with Gasteiger partial charge in [-0.05, 0) is 38.3 Å². The Morgan fingerprint density at radius 3 is 2.41 bits per heavy atom. The van der Waals surface area contributed by atoms with Crippen LogP contribution in [0.2, 0.25) is 0 Å². The largest absolute Gasteiger partial charge is 0.353 e. The van der Waals surface area contributed by atoms with Crippen molar-refractivity contribution < 1.29 is 4.79 Å². The van der Waals surface area contributed by atoms with E-state index in [-0.39, 0.29) is 5.91 Å². The Kier molecular flexibility index (Phi) is 6.56. The maximum atomic E-state index is 11.7. The molecule has 5 nitrogen and oxygen atoms in total. The molecule has 2 aromatic rings. The second kappa shape index (κ2) is 8.93. The van der Waals surface area contributed by atoms with E-state index in [9.17, 15) is 4.79 Å². The number of hydrogen-bond donors (Lipinski definition) is 0. The molecule has 1 aromatic heterocycles. The lowest BCUT2D eigenvalue weighted by atomic mass is 9.97. The van der Waals surface area contributed by atoms with Crippen LogP contribution in [0, 0.1) is 20.8 Å². The van der Waals surface area contributed by atoms with Crippen LogP contribution in [0.5, 0.6) is 0 Å². The third-order valence-electron chi connectivity index (χ3n) is 6.16. The Morgan fingerprint density at radius 2 is 1.79 bits per heavy atom. The van der Waals surface area contributed by atoms with E-state index in [2.05, 4.69) is 57.7 Å². The molecule has 0 saturated carbocycles. The SMILES string of the molecule is CC[C@H](C)c1nc(C)c(Cc2cc(C)ccc2C)c(N2CCN(C(C)=O)CC2)n1. The smallest absolute Gasteiger partial charge is 0.219 e. The van der Waals surface area contributed by atoms with Gasteiger partial charge in [-0.3, -0.25) is 4.79 Å². The fraction of sp³-hybridized carbons (Fsp3) is 0.542. The second-order valence-electron chi connectivity index (χ2n) is 8.38. The van der Waals surface area contributed by atoms with Gasteiger partial charge in [0.2, 0.25) is 5.91 Å². The highest BCUT2D eigenvalue weighted by atomic mass is 16.2. The molecule has 156 valence electrons. The van der Waals surface area contributed by atoms with Crippen molar-refractivity contribution in [1.82, 2.24) is 14.9 Å². The molecule has 0 spiro atoms. The summed E-state index contributed by atoms with van der Waals surface area (Å²) in [6, 6.07) is 6.63. The Bertz CT molecular complexity index is 885. The van der Waals surface area contributed by atoms with Crippen molar-refractivity contribution in [3.8, 4) is 0 Å². The highest BCUT2D eigenvalue weighted by Crippen LogP contribution is 2.29. The average molecular weight is 395 g/mol. The predicted octanol–water partition coefficient (Wildman–Crippen LogP) is 4.17. The summed E-state index contributed by atoms with van der Waals surface area (Å²) in [5.74, 6) is 2.47. The van der Waals surface area contributed by atoms with Crippen molar-refractivity contribution in [3.05, 3.63) is 52.0 Å². The van der Waals surface area contributed by atoms with E-state index in [1.165, 1.54) is 22.3 Å². The lowest BCUT2D eigenvalue weighted by Gasteiger charge is -2.36. The number of rotatable bonds is 5. The second-order valence-corrected chi connectivity index (χ2v) is 8.38. The van der Waals surface area contributed by atoms with E-state index in [4.69, 9.17) is 9.97 Å². The summed E-state index contributed by atoms with van der Waals surface area (Å²) < 4.78 is 0. The van der Waals surface area contributed by atoms with E-state index in [0.717, 1.165) is 56.4 Å². The van der Waals surface area contributed by atoms with Crippen LogP contribution in [-0.2, 0) is 11.2 Å². The standard InChI is InChI=1S/C24H34N4O/c1-7-17(3)23-25-19(5)22(15-21-14-16(2)8-9-18(21)4)24(26-23)28-12-10-27(11-13-28)20(6)29/h8-9,14,17H,7,10-13,15H2,1-6H3/t17-/m0/s1. The number of aryl methyl sites for hydroxylation is 3. The molecule has 1 aromatic carbocycles. The van der Waals surface area contributed by atoms with Gasteiger partial charge >= 0.3 is 0 Å². The first kappa shape index (κ1) is 21.3. The van der Waals surface area contributed by atoms with Gasteiger partial charge < -0.3 is 9.80 Å². The molecule has 1 amide bonds. The number of anilines is 1. The van der Waals surface area contributed by atoms with Gasteiger partial charge in [0.15, 0.2) is 0 Å². The molecule has 5 heteroatoms. The predicted molar refractivity (Wildman–Crippen MR) is 119 cm³/mol. The lowest BCUT2D eigenvalue weighted by Crippen LogP contribution is -2.48. The highest BCUT2D eigenvalue weighted by molar-refractivity contribution is 5.73. The molecule has 0 aliphatic carbocycles. The zero-order valence-corrected chi connectivity index (χ0v) is 18.7. The molecule has 1 aliphatic heterocycles. The molecule has 1 aliphatic rings. The van der Waals surface area contributed by atoms with Crippen molar-refractivity contribution in [2.45, 2.75) is 60.3 Å². The molecule has 1 saturated heterocycles. The maximum absolute atomic E-state index is 11.7. The third kappa shape index (κ3) is 4.77. The topological polar surface area (TPSA) is 49.3 Å². The van der Waals surface area contributed by atoms with Crippen molar-refractivity contribution >= 4 is 11.7 Å². The molecule has 0 N–H and O–H groups in total. The average Bonchev–Trinajstić information content (AvgIpc) is 2.71. The summed E-state index contributed by atoms with van der Waals surface area (Å²) in [5, 5.41) is 0. The van der Waals surface area contributed by atoms with Crippen molar-refractivity contribution in [1.29, 1.82) is 0 Å². The molecule has 3 rings (SSSR count). The zero-order valence-electron chi connectivity index (χ0n) is 18.7. The fourth-order valence-corrected chi connectivity index (χ4v) is 3.89. The first-order valence-electron chi connectivity index (χ1n) is 10.7. The summed E-state index contributed by atoms with van der Waals surface area (Å²) in [4.78, 5) is 26.0. The number of hydrogen-bond acceptors (Lipinski definition) is 4. The number of aromatic nitrogens is 2. The quantitative estimate of drug-likeness (QED) is 0.763. The van der Waals surface area contributed by atoms with Gasteiger partial charge in [-0.15, -0.1) is 0 Å². The fourth-order valence-electron chi connectivity index (χ4n) is 3.89. The minimum Gasteiger partial charge on any atom is -0.353 e. The molecule has 0 unspecified atom stereocenters. The summed E-state index contributed by atoms with van der Waals surface area (Å²) in [7, 11) is 0. The maximum Gasteiger partial charge on any atom is 0.219 e. The first-order valence-corrected chi connectivity index (χ1v) is 10.7. The number of benzene rings is 1. The van der Waals surface area contributed by atoms with E-state index in [1.807, 2.05) is 4.90 Å². The highest BCUT2D eigenvalue weighted by Gasteiger charge is 2.24. The molecular weight excluding hydrogens is 360 g/mol. The molecular formula is C24H34N4O. The third-order valence-corrected chi connectivity index (χ3v) is 6.16. The Morgan fingerprint density at radius 1 is 1.10 bits per heavy atom. The van der Waals surface area contributed by atoms with Gasteiger partial charge in [0.1, 0.15) is 11.6 Å². The van der Waals surface area contributed by atoms with Crippen molar-refractivity contribution in [3.63, 3.8) is 0 Å². The Hall–Kier alpha value is -2.43. The summed E-state index contributed by atoms with van der Waals surface area (Å²) in [6.45, 7) is 15.6. The van der Waals surface area contributed by atoms with Crippen LogP contribution in [0.3, 0.4) is 0 Å². The van der Waals surface area contributed by atoms with Crippen molar-refractivity contribution in [2.75, 3.05) is 31.1 Å². The van der Waals surface area contributed by atoms with E-state index < -0.39 is 0 Å². The van der Waals surface area contributed by atoms with Gasteiger partial charge in [-0.2, -0.15) is 0 Å². The lowest BCUT2D eigenvalue weighted by molar-refractivity contribution is -0.129. The van der Waals surface area contributed by atoms with Crippen molar-refractivity contribution in [2.24, 2.45) is 0 Å². The van der Waals surface area contributed by atoms with E-state index >= 15 is 0 Å². The van der Waals surface area contributed by atoms with Crippen LogP contribution >= 0.6 is 0 Å². The van der Waals surface area contributed by atoms with Gasteiger partial charge in [-0.25, -0.2) is 9.97 Å². The summed E-state index contributed by atoms with van der Waals surface area (Å²) in [6.07, 6.45) is 1.86. The van der Waals surface area contributed by atoms with Crippen LogP contribution in [0.1, 0.15) is 66.9 Å². The van der Waals surface area contributed by atoms with Gasteiger partial charge in [0, 0.05) is 56.7 Å². The van der Waals surface area contributed by atoms with Crippen LogP contribution in [0.15, 0.2) is 18.2 Å². The molecule has 1 atom stereocenters. The molecule has 29 heavy (non-hydrogen) atoms. The molecule has 2 heterocycles. The van der Waals surface area contributed by atoms with Gasteiger partial charge in [0.25, 0.3) is 0 Å². The molecule has 0 bridgehead atoms. The van der Waals surface area contributed by atoms with Crippen LogP contribution in [0.4, 0.5) is 5.82 Å². The Balaban J connectivity index is 2.00. The number of piperazine rings is 1. The van der Waals surface area contributed by atoms with Crippen LogP contribution in [-0.4, -0.2) is 47.0 Å². The van der Waals surface area contributed by atoms with E-state index in [1.54, 1.807) is 6.92 Å². The molecule has 0 radical (unpaired) electrons. The monoisotopic (exact) mass is 394 g/mol.